The maximum atomic E-state index is 12.9. The second-order valence-corrected chi connectivity index (χ2v) is 16.0. The van der Waals surface area contributed by atoms with Gasteiger partial charge in [-0.1, -0.05) is 12.1 Å². The second-order valence-electron chi connectivity index (χ2n) is 11.5. The molecule has 0 bridgehead atoms. The number of nitrogens with zero attached hydrogens (tertiary/aromatic N) is 2. The molecule has 10 heteroatoms. The number of nitrogens with one attached hydrogen (secondary N) is 3. The number of hydrogen-bond acceptors (Lipinski definition) is 6. The monoisotopic (exact) mass is 561 g/mol. The number of pyridine rings is 1. The van der Waals surface area contributed by atoms with Crippen LogP contribution in [0.2, 0.25) is 0 Å². The summed E-state index contributed by atoms with van der Waals surface area (Å²) in [6.45, 7) is 6.96. The Kier molecular flexibility index (Phi) is 7.62. The summed E-state index contributed by atoms with van der Waals surface area (Å²) in [5.74, 6) is 0.459. The number of carbonyl (C=O) groups excluding carboxylic acids is 3. The van der Waals surface area contributed by atoms with E-state index in [1.807, 2.05) is 74.6 Å². The van der Waals surface area contributed by atoms with Crippen LogP contribution >= 0.6 is 7.49 Å². The predicted molar refractivity (Wildman–Crippen MR) is 159 cm³/mol. The van der Waals surface area contributed by atoms with E-state index >= 15 is 0 Å². The molecule has 3 N–H and O–H groups in total. The third kappa shape index (κ3) is 5.86. The van der Waals surface area contributed by atoms with Gasteiger partial charge in [0.05, 0.1) is 5.41 Å². The van der Waals surface area contributed by atoms with Gasteiger partial charge in [-0.05, 0) is 42.2 Å². The number of anilines is 2. The van der Waals surface area contributed by atoms with Crippen LogP contribution in [0.5, 0.6) is 0 Å². The molecule has 3 amide bonds. The molecule has 1 aliphatic carbocycles. The van der Waals surface area contributed by atoms with Crippen LogP contribution < -0.4 is 16.0 Å². The van der Waals surface area contributed by atoms with Gasteiger partial charge < -0.3 is 5.32 Å². The zero-order chi connectivity index (χ0) is 28.5. The summed E-state index contributed by atoms with van der Waals surface area (Å²) >= 11 is 0. The van der Waals surface area contributed by atoms with Gasteiger partial charge in [-0.15, -0.1) is 0 Å². The van der Waals surface area contributed by atoms with Crippen molar-refractivity contribution in [2.75, 3.05) is 44.2 Å². The van der Waals surface area contributed by atoms with E-state index in [0.717, 1.165) is 27.8 Å². The molecular weight excluding hydrogens is 525 g/mol. The molecule has 2 aromatic carbocycles. The van der Waals surface area contributed by atoms with Crippen molar-refractivity contribution in [2.24, 2.45) is 0 Å². The molecule has 3 aromatic rings. The van der Waals surface area contributed by atoms with E-state index < -0.39 is 12.9 Å². The fourth-order valence-corrected chi connectivity index (χ4v) is 6.08. The van der Waals surface area contributed by atoms with Gasteiger partial charge in [-0.25, -0.2) is 4.98 Å². The predicted octanol–water partition coefficient (Wildman–Crippen LogP) is 3.92. The molecule has 2 heterocycles. The van der Waals surface area contributed by atoms with Crippen molar-refractivity contribution < 1.29 is 18.9 Å². The number of hydrogen-bond donors (Lipinski definition) is 3. The molecule has 1 spiro atoms. The summed E-state index contributed by atoms with van der Waals surface area (Å²) in [5.41, 5.74) is 5.17. The third-order valence-electron chi connectivity index (χ3n) is 7.30. The van der Waals surface area contributed by atoms with Crippen molar-refractivity contribution >= 4 is 36.9 Å². The Labute approximate surface area is 235 Å². The average molecular weight is 562 g/mol. The van der Waals surface area contributed by atoms with Gasteiger partial charge in [0.25, 0.3) is 0 Å². The summed E-state index contributed by atoms with van der Waals surface area (Å²) in [6, 6.07) is 17.5. The Bertz CT molecular complexity index is 1470. The molecule has 1 aromatic heterocycles. The van der Waals surface area contributed by atoms with E-state index in [-0.39, 0.29) is 24.5 Å². The van der Waals surface area contributed by atoms with Crippen LogP contribution in [0.3, 0.4) is 0 Å². The number of amides is 3. The average Bonchev–Trinajstić information content (AvgIpc) is 3.41. The molecule has 40 heavy (non-hydrogen) atoms. The Morgan fingerprint density at radius 2 is 1.80 bits per heavy atom. The van der Waals surface area contributed by atoms with Crippen LogP contribution in [-0.2, 0) is 45.5 Å². The Hall–Kier alpha value is -3.81. The first-order valence-electron chi connectivity index (χ1n) is 13.4. The molecule has 1 aliphatic heterocycles. The van der Waals surface area contributed by atoms with Crippen molar-refractivity contribution in [3.05, 3.63) is 88.6 Å². The van der Waals surface area contributed by atoms with Gasteiger partial charge in [0, 0.05) is 11.8 Å². The molecule has 1 unspecified atom stereocenters. The molecule has 0 radical (unpaired) electrons. The van der Waals surface area contributed by atoms with Gasteiger partial charge in [0.15, 0.2) is 0 Å². The van der Waals surface area contributed by atoms with Gasteiger partial charge >= 0.3 is 137 Å². The molecule has 0 saturated heterocycles. The SMILES string of the molecule is CN(Cc1ccccc1CNCC(=O)Nc1ccc2c(c1)CC1(C2)C(=O)Nc2ncccc21)C(=O)O[PH](C)(C)C. The Morgan fingerprint density at radius 3 is 2.58 bits per heavy atom. The molecule has 5 rings (SSSR count). The summed E-state index contributed by atoms with van der Waals surface area (Å²) in [6.07, 6.45) is 2.55. The fourth-order valence-electron chi connectivity index (χ4n) is 5.41. The third-order valence-corrected chi connectivity index (χ3v) is 8.08. The van der Waals surface area contributed by atoms with Gasteiger partial charge in [-0.3, -0.25) is 4.79 Å². The summed E-state index contributed by atoms with van der Waals surface area (Å²) in [5, 5.41) is 9.11. The van der Waals surface area contributed by atoms with Gasteiger partial charge in [-0.2, -0.15) is 0 Å². The first kappa shape index (κ1) is 27.7. The topological polar surface area (TPSA) is 113 Å². The van der Waals surface area contributed by atoms with Crippen LogP contribution in [0.15, 0.2) is 60.8 Å². The van der Waals surface area contributed by atoms with Crippen molar-refractivity contribution in [3.63, 3.8) is 0 Å². The van der Waals surface area contributed by atoms with Crippen molar-refractivity contribution in [1.82, 2.24) is 15.2 Å². The number of fused-ring (bicyclic) bond motifs is 3. The van der Waals surface area contributed by atoms with Crippen LogP contribution in [0.4, 0.5) is 16.3 Å². The van der Waals surface area contributed by atoms with Crippen molar-refractivity contribution in [3.8, 4) is 0 Å². The quantitative estimate of drug-likeness (QED) is 0.360. The zero-order valence-electron chi connectivity index (χ0n) is 23.3. The number of rotatable bonds is 8. The minimum atomic E-state index is -1.98. The molecule has 0 fully saturated rings. The summed E-state index contributed by atoms with van der Waals surface area (Å²) in [4.78, 5) is 44.0. The first-order chi connectivity index (χ1) is 19.0. The molecule has 0 saturated carbocycles. The van der Waals surface area contributed by atoms with Crippen LogP contribution in [-0.4, -0.2) is 61.4 Å². The van der Waals surface area contributed by atoms with Gasteiger partial charge in [0.1, 0.15) is 5.82 Å². The summed E-state index contributed by atoms with van der Waals surface area (Å²) in [7, 11) is -0.250. The molecule has 210 valence electrons. The van der Waals surface area contributed by atoms with Crippen molar-refractivity contribution in [1.29, 1.82) is 0 Å². The zero-order valence-corrected chi connectivity index (χ0v) is 24.3. The fraction of sp³-hybridized carbons (Fsp3) is 0.333. The standard InChI is InChI=1S/C30H36N5O4P/c1-35(29(38)39-40(2,3)4)19-22-9-6-5-8-21(22)17-31-18-26(36)33-24-12-11-20-15-30(16-23(20)14-24)25-10-7-13-32-27(25)34-28(30)37/h5-14,31,40H,15-19H2,1-4H3,(H,33,36)(H,32,34,37). The molecule has 1 atom stereocenters. The Morgan fingerprint density at radius 1 is 1.05 bits per heavy atom. The van der Waals surface area contributed by atoms with E-state index in [4.69, 9.17) is 4.52 Å². The normalized spacial score (nSPS) is 17.6. The van der Waals surface area contributed by atoms with E-state index in [0.29, 0.717) is 37.4 Å². The van der Waals surface area contributed by atoms with E-state index in [9.17, 15) is 14.4 Å². The first-order valence-corrected chi connectivity index (χ1v) is 16.9. The number of benzene rings is 2. The van der Waals surface area contributed by atoms with Crippen LogP contribution in [0, 0.1) is 0 Å². The minimum absolute atomic E-state index is 0.0217. The number of carbonyl (C=O) groups is 3. The van der Waals surface area contributed by atoms with Crippen molar-refractivity contribution in [2.45, 2.75) is 31.3 Å². The van der Waals surface area contributed by atoms with E-state index in [1.165, 1.54) is 0 Å². The van der Waals surface area contributed by atoms with E-state index in [1.54, 1.807) is 18.1 Å². The van der Waals surface area contributed by atoms with Crippen LogP contribution in [0.1, 0.15) is 27.8 Å². The number of aromatic nitrogens is 1. The van der Waals surface area contributed by atoms with E-state index in [2.05, 4.69) is 20.9 Å². The summed E-state index contributed by atoms with van der Waals surface area (Å²) < 4.78 is 5.59. The molecule has 9 nitrogen and oxygen atoms in total. The van der Waals surface area contributed by atoms with Gasteiger partial charge in [0.2, 0.25) is 5.91 Å². The molecular formula is C30H36N5O4P. The Balaban J connectivity index is 1.16. The molecule has 2 aliphatic rings. The maximum absolute atomic E-state index is 12.9. The second kappa shape index (κ2) is 11.0. The van der Waals surface area contributed by atoms with Crippen LogP contribution in [0.25, 0.3) is 0 Å².